The van der Waals surface area contributed by atoms with Gasteiger partial charge in [0.05, 0.1) is 22.2 Å². The Labute approximate surface area is 236 Å². The van der Waals surface area contributed by atoms with E-state index in [1.165, 1.54) is 10.8 Å². The Morgan fingerprint density at radius 3 is 2.21 bits per heavy atom. The molecule has 11 heteroatoms. The Hall–Kier alpha value is -4.18. The van der Waals surface area contributed by atoms with Crippen LogP contribution in [0.5, 0.6) is 0 Å². The molecule has 1 atom stereocenters. The third-order valence-electron chi connectivity index (χ3n) is 5.78. The van der Waals surface area contributed by atoms with Crippen LogP contribution >= 0.6 is 23.2 Å². The van der Waals surface area contributed by atoms with Crippen molar-refractivity contribution in [1.29, 1.82) is 5.41 Å². The van der Waals surface area contributed by atoms with Gasteiger partial charge in [0.15, 0.2) is 0 Å². The Kier molecular flexibility index (Phi) is 7.65. The Balaban J connectivity index is 1.75. The van der Waals surface area contributed by atoms with Crippen molar-refractivity contribution in [3.63, 3.8) is 0 Å². The molecule has 0 aliphatic carbocycles. The van der Waals surface area contributed by atoms with Crippen LogP contribution in [0, 0.1) is 5.41 Å². The highest BCUT2D eigenvalue weighted by atomic mass is 35.5. The molecule has 3 aromatic carbocycles. The van der Waals surface area contributed by atoms with Gasteiger partial charge >= 0.3 is 0 Å². The van der Waals surface area contributed by atoms with Crippen LogP contribution in [-0.4, -0.2) is 35.0 Å². The fourth-order valence-electron chi connectivity index (χ4n) is 3.93. The highest BCUT2D eigenvalue weighted by molar-refractivity contribution is 8.00. The summed E-state index contributed by atoms with van der Waals surface area (Å²) in [5.41, 5.74) is 2.57. The maximum absolute atomic E-state index is 14.1. The lowest BCUT2D eigenvalue weighted by Gasteiger charge is -2.18. The molecule has 0 amide bonds. The quantitative estimate of drug-likeness (QED) is 0.144. The first-order valence-electron chi connectivity index (χ1n) is 11.6. The average Bonchev–Trinajstić information content (AvgIpc) is 2.94. The second kappa shape index (κ2) is 11.3. The van der Waals surface area contributed by atoms with Crippen LogP contribution in [0.15, 0.2) is 95.9 Å². The van der Waals surface area contributed by atoms with Crippen molar-refractivity contribution >= 4 is 50.6 Å². The zero-order valence-electron chi connectivity index (χ0n) is 20.4. The summed E-state index contributed by atoms with van der Waals surface area (Å²) in [6.45, 7) is 0. The molecule has 2 N–H and O–H groups in total. The molecule has 0 radical (unpaired) electrons. The second-order valence-corrected chi connectivity index (χ2v) is 10.4. The van der Waals surface area contributed by atoms with Crippen LogP contribution in [0.4, 0.5) is 11.5 Å². The van der Waals surface area contributed by atoms with E-state index in [4.69, 9.17) is 33.6 Å². The minimum Gasteiger partial charge on any atom is -0.339 e. The zero-order chi connectivity index (χ0) is 27.5. The predicted molar refractivity (Wildman–Crippen MR) is 157 cm³/mol. The second-order valence-electron chi connectivity index (χ2n) is 8.34. The summed E-state index contributed by atoms with van der Waals surface area (Å²) >= 11 is 12.1. The van der Waals surface area contributed by atoms with Crippen LogP contribution in [-0.2, 0) is 10.8 Å². The number of nitrogens with one attached hydrogen (secondary N) is 2. The summed E-state index contributed by atoms with van der Waals surface area (Å²) in [5, 5.41) is 11.9. The monoisotopic (exact) mass is 574 g/mol. The molecule has 8 nitrogen and oxygen atoms in total. The van der Waals surface area contributed by atoms with E-state index in [-0.39, 0.29) is 21.7 Å². The standard InChI is InChI=1S/C28H20Cl2N6O2S/c1-39(38)24(31)23-25(33-20-5-3-2-4-6-20)35-26(36(27(23)37)21-13-11-19(29)12-14-21)18-9-7-17(8-10-18)22-15-16-32-28(30)34-22/h2-16,31,33H,1H3. The smallest absolute Gasteiger partial charge is 0.270 e. The minimum atomic E-state index is -1.74. The molecule has 2 heterocycles. The van der Waals surface area contributed by atoms with Crippen LogP contribution in [0.3, 0.4) is 0 Å². The van der Waals surface area contributed by atoms with Crippen LogP contribution in [0.25, 0.3) is 28.3 Å². The molecule has 0 saturated carbocycles. The summed E-state index contributed by atoms with van der Waals surface area (Å²) in [6, 6.07) is 24.9. The summed E-state index contributed by atoms with van der Waals surface area (Å²) in [5.74, 6) is 0.435. The number of rotatable bonds is 6. The molecule has 1 unspecified atom stereocenters. The molecule has 0 bridgehead atoms. The summed E-state index contributed by atoms with van der Waals surface area (Å²) < 4.78 is 13.8. The highest BCUT2D eigenvalue weighted by Crippen LogP contribution is 2.28. The Bertz CT molecular complexity index is 1760. The Morgan fingerprint density at radius 2 is 1.56 bits per heavy atom. The van der Waals surface area contributed by atoms with Crippen molar-refractivity contribution in [3.8, 4) is 28.3 Å². The van der Waals surface area contributed by atoms with Crippen LogP contribution in [0.1, 0.15) is 5.56 Å². The number of hydrogen-bond acceptors (Lipinski definition) is 7. The van der Waals surface area contributed by atoms with E-state index in [2.05, 4.69) is 15.3 Å². The lowest BCUT2D eigenvalue weighted by Crippen LogP contribution is -2.30. The molecule has 0 saturated heterocycles. The molecule has 5 aromatic rings. The number of benzene rings is 3. The molecule has 0 spiro atoms. The van der Waals surface area contributed by atoms with E-state index >= 15 is 0 Å². The van der Waals surface area contributed by atoms with Gasteiger partial charge in [-0.3, -0.25) is 19.0 Å². The van der Waals surface area contributed by atoms with Gasteiger partial charge in [0.25, 0.3) is 5.56 Å². The molecule has 5 rings (SSSR count). The van der Waals surface area contributed by atoms with Crippen molar-refractivity contribution in [2.75, 3.05) is 11.6 Å². The lowest BCUT2D eigenvalue weighted by molar-refractivity contribution is 0.693. The molecule has 0 aliphatic heterocycles. The van der Waals surface area contributed by atoms with Crippen molar-refractivity contribution in [3.05, 3.63) is 117 Å². The zero-order valence-corrected chi connectivity index (χ0v) is 22.8. The fraction of sp³-hybridized carbons (Fsp3) is 0.0357. The highest BCUT2D eigenvalue weighted by Gasteiger charge is 2.24. The van der Waals surface area contributed by atoms with Crippen LogP contribution < -0.4 is 10.9 Å². The summed E-state index contributed by atoms with van der Waals surface area (Å²) in [7, 11) is -1.74. The molecule has 2 aromatic heterocycles. The van der Waals surface area contributed by atoms with Crippen molar-refractivity contribution in [2.45, 2.75) is 0 Å². The first-order valence-corrected chi connectivity index (χ1v) is 13.9. The van der Waals surface area contributed by atoms with Gasteiger partial charge in [-0.05, 0) is 54.1 Å². The molecular formula is C28H20Cl2N6O2S. The van der Waals surface area contributed by atoms with Gasteiger partial charge in [0.2, 0.25) is 5.28 Å². The van der Waals surface area contributed by atoms with Gasteiger partial charge in [-0.25, -0.2) is 15.0 Å². The number of hydrogen-bond donors (Lipinski definition) is 2. The van der Waals surface area contributed by atoms with Gasteiger partial charge in [-0.15, -0.1) is 0 Å². The first kappa shape index (κ1) is 26.4. The maximum Gasteiger partial charge on any atom is 0.270 e. The number of halogens is 2. The molecule has 0 aliphatic rings. The van der Waals surface area contributed by atoms with Gasteiger partial charge in [-0.2, -0.15) is 0 Å². The van der Waals surface area contributed by atoms with E-state index in [1.54, 1.807) is 36.5 Å². The van der Waals surface area contributed by atoms with E-state index in [9.17, 15) is 9.00 Å². The van der Waals surface area contributed by atoms with Gasteiger partial charge < -0.3 is 5.32 Å². The van der Waals surface area contributed by atoms with Gasteiger partial charge in [-0.1, -0.05) is 54.1 Å². The third-order valence-corrected chi connectivity index (χ3v) is 7.00. The molecule has 39 heavy (non-hydrogen) atoms. The largest absolute Gasteiger partial charge is 0.339 e. The summed E-state index contributed by atoms with van der Waals surface area (Å²) in [6.07, 6.45) is 2.93. The van der Waals surface area contributed by atoms with Crippen molar-refractivity contribution in [1.82, 2.24) is 19.5 Å². The van der Waals surface area contributed by atoms with E-state index in [0.29, 0.717) is 33.5 Å². The molecule has 194 valence electrons. The topological polar surface area (TPSA) is 114 Å². The number of aromatic nitrogens is 4. The van der Waals surface area contributed by atoms with Crippen molar-refractivity contribution < 1.29 is 4.21 Å². The lowest BCUT2D eigenvalue weighted by atomic mass is 10.1. The number of para-hydroxylation sites is 1. The van der Waals surface area contributed by atoms with Gasteiger partial charge in [0, 0.05) is 34.3 Å². The molecule has 0 fully saturated rings. The number of nitrogens with zero attached hydrogens (tertiary/aromatic N) is 4. The first-order chi connectivity index (χ1) is 18.8. The maximum atomic E-state index is 14.1. The predicted octanol–water partition coefficient (Wildman–Crippen LogP) is 6.11. The van der Waals surface area contributed by atoms with E-state index in [1.807, 2.05) is 54.6 Å². The fourth-order valence-corrected chi connectivity index (χ4v) is 4.67. The summed E-state index contributed by atoms with van der Waals surface area (Å²) in [4.78, 5) is 27.1. The number of anilines is 2. The van der Waals surface area contributed by atoms with Gasteiger partial charge in [0.1, 0.15) is 22.2 Å². The van der Waals surface area contributed by atoms with Crippen molar-refractivity contribution in [2.24, 2.45) is 0 Å². The average molecular weight is 575 g/mol. The molecular weight excluding hydrogens is 555 g/mol. The Morgan fingerprint density at radius 1 is 0.897 bits per heavy atom. The normalized spacial score (nSPS) is 11.7. The van der Waals surface area contributed by atoms with Crippen LogP contribution in [0.2, 0.25) is 10.3 Å². The third kappa shape index (κ3) is 5.65. The SMILES string of the molecule is CS(=O)C(=N)c1c(Nc2ccccc2)nc(-c2ccc(-c3ccnc(Cl)n3)cc2)n(-c2ccc(Cl)cc2)c1=O. The van der Waals surface area contributed by atoms with E-state index < -0.39 is 16.4 Å². The van der Waals surface area contributed by atoms with E-state index in [0.717, 1.165) is 5.56 Å². The minimum absolute atomic E-state index is 0.0920.